The Kier molecular flexibility index (Phi) is 5.82. The molecule has 1 N–H and O–H groups in total. The van der Waals surface area contributed by atoms with Crippen LogP contribution >= 0.6 is 11.6 Å². The molecule has 10 heteroatoms. The van der Waals surface area contributed by atoms with Crippen molar-refractivity contribution in [2.75, 3.05) is 36.4 Å². The van der Waals surface area contributed by atoms with E-state index in [1.54, 1.807) is 25.4 Å². The summed E-state index contributed by atoms with van der Waals surface area (Å²) in [6, 6.07) is 5.33. The third kappa shape index (κ3) is 4.50. The molecule has 0 bridgehead atoms. The molecule has 2 heterocycles. The van der Waals surface area contributed by atoms with Crippen molar-refractivity contribution in [2.45, 2.75) is 13.0 Å². The standard InChI is InChI=1S/C17H19ClN6O3/c1-12(16(25)21-15-11-13(24(26)27)3-4-14(15)18)22-7-9-23(10-8-22)17-19-5-2-6-20-17/h2-6,11-12H,7-10H2,1H3,(H,21,25). The Morgan fingerprint density at radius 1 is 1.26 bits per heavy atom. The van der Waals surface area contributed by atoms with Gasteiger partial charge in [0.1, 0.15) is 0 Å². The molecule has 1 amide bonds. The zero-order valence-corrected chi connectivity index (χ0v) is 15.5. The van der Waals surface area contributed by atoms with Crippen molar-refractivity contribution in [3.63, 3.8) is 0 Å². The van der Waals surface area contributed by atoms with E-state index in [4.69, 9.17) is 11.6 Å². The summed E-state index contributed by atoms with van der Waals surface area (Å²) in [5, 5.41) is 13.9. The second-order valence-corrected chi connectivity index (χ2v) is 6.57. The summed E-state index contributed by atoms with van der Waals surface area (Å²) in [5.41, 5.74) is 0.109. The van der Waals surface area contributed by atoms with E-state index in [1.807, 2.05) is 4.90 Å². The zero-order valence-electron chi connectivity index (χ0n) is 14.7. The number of piperazine rings is 1. The number of nitrogens with one attached hydrogen (secondary N) is 1. The van der Waals surface area contributed by atoms with Gasteiger partial charge in [0.2, 0.25) is 11.9 Å². The lowest BCUT2D eigenvalue weighted by Gasteiger charge is -2.37. The first-order valence-corrected chi connectivity index (χ1v) is 8.84. The molecule has 0 spiro atoms. The van der Waals surface area contributed by atoms with Crippen molar-refractivity contribution in [1.82, 2.24) is 14.9 Å². The van der Waals surface area contributed by atoms with E-state index in [0.29, 0.717) is 32.1 Å². The van der Waals surface area contributed by atoms with Crippen LogP contribution in [0.5, 0.6) is 0 Å². The quantitative estimate of drug-likeness (QED) is 0.616. The molecule has 27 heavy (non-hydrogen) atoms. The van der Waals surface area contributed by atoms with Crippen LogP contribution in [0.25, 0.3) is 0 Å². The van der Waals surface area contributed by atoms with E-state index < -0.39 is 11.0 Å². The Labute approximate surface area is 161 Å². The predicted octanol–water partition coefficient (Wildman–Crippen LogP) is 2.19. The van der Waals surface area contributed by atoms with Gasteiger partial charge in [-0.3, -0.25) is 19.8 Å². The highest BCUT2D eigenvalue weighted by Gasteiger charge is 2.27. The minimum Gasteiger partial charge on any atom is -0.338 e. The molecule has 1 saturated heterocycles. The van der Waals surface area contributed by atoms with Crippen molar-refractivity contribution in [1.29, 1.82) is 0 Å². The van der Waals surface area contributed by atoms with Crippen molar-refractivity contribution < 1.29 is 9.72 Å². The van der Waals surface area contributed by atoms with Crippen LogP contribution in [0.15, 0.2) is 36.7 Å². The maximum Gasteiger partial charge on any atom is 0.271 e. The van der Waals surface area contributed by atoms with Gasteiger partial charge in [0.05, 0.1) is 21.7 Å². The van der Waals surface area contributed by atoms with Crippen LogP contribution < -0.4 is 10.2 Å². The number of rotatable bonds is 5. The second kappa shape index (κ2) is 8.28. The molecule has 142 valence electrons. The van der Waals surface area contributed by atoms with E-state index in [9.17, 15) is 14.9 Å². The molecule has 9 nitrogen and oxygen atoms in total. The Morgan fingerprint density at radius 3 is 2.56 bits per heavy atom. The topological polar surface area (TPSA) is 104 Å². The Morgan fingerprint density at radius 2 is 1.93 bits per heavy atom. The van der Waals surface area contributed by atoms with Gasteiger partial charge in [0.25, 0.3) is 5.69 Å². The number of nitro groups is 1. The molecular formula is C17H19ClN6O3. The van der Waals surface area contributed by atoms with E-state index in [-0.39, 0.29) is 22.3 Å². The van der Waals surface area contributed by atoms with Crippen LogP contribution in [0.3, 0.4) is 0 Å². The lowest BCUT2D eigenvalue weighted by Crippen LogP contribution is -2.53. The Balaban J connectivity index is 1.60. The molecule has 1 aliphatic rings. The molecule has 0 saturated carbocycles. The molecule has 1 aromatic heterocycles. The van der Waals surface area contributed by atoms with Gasteiger partial charge in [-0.2, -0.15) is 0 Å². The average Bonchev–Trinajstić information content (AvgIpc) is 2.69. The van der Waals surface area contributed by atoms with Crippen LogP contribution in [-0.4, -0.2) is 57.9 Å². The van der Waals surface area contributed by atoms with Crippen LogP contribution in [-0.2, 0) is 4.79 Å². The monoisotopic (exact) mass is 390 g/mol. The molecule has 0 aliphatic carbocycles. The number of amides is 1. The summed E-state index contributed by atoms with van der Waals surface area (Å²) >= 11 is 6.05. The van der Waals surface area contributed by atoms with Gasteiger partial charge in [0, 0.05) is 50.7 Å². The summed E-state index contributed by atoms with van der Waals surface area (Å²) < 4.78 is 0. The van der Waals surface area contributed by atoms with Crippen molar-refractivity contribution in [3.05, 3.63) is 51.8 Å². The highest BCUT2D eigenvalue weighted by molar-refractivity contribution is 6.33. The van der Waals surface area contributed by atoms with Gasteiger partial charge in [-0.25, -0.2) is 9.97 Å². The number of hydrogen-bond acceptors (Lipinski definition) is 7. The highest BCUT2D eigenvalue weighted by Crippen LogP contribution is 2.27. The molecule has 3 rings (SSSR count). The molecule has 1 fully saturated rings. The summed E-state index contributed by atoms with van der Waals surface area (Å²) in [7, 11) is 0. The first-order chi connectivity index (χ1) is 13.0. The maximum absolute atomic E-state index is 12.6. The number of non-ortho nitro benzene ring substituents is 1. The maximum atomic E-state index is 12.6. The Hall–Kier alpha value is -2.78. The number of aromatic nitrogens is 2. The fourth-order valence-corrected chi connectivity index (χ4v) is 3.05. The first kappa shape index (κ1) is 19.0. The fraction of sp³-hybridized carbons (Fsp3) is 0.353. The number of nitrogens with zero attached hydrogens (tertiary/aromatic N) is 5. The zero-order chi connectivity index (χ0) is 19.4. The summed E-state index contributed by atoms with van der Waals surface area (Å²) in [6.45, 7) is 4.57. The Bertz CT molecular complexity index is 827. The predicted molar refractivity (Wildman–Crippen MR) is 102 cm³/mol. The summed E-state index contributed by atoms with van der Waals surface area (Å²) in [4.78, 5) is 35.6. The minimum absolute atomic E-state index is 0.126. The number of halogens is 1. The van der Waals surface area contributed by atoms with Crippen LogP contribution in [0.4, 0.5) is 17.3 Å². The van der Waals surface area contributed by atoms with Gasteiger partial charge >= 0.3 is 0 Å². The van der Waals surface area contributed by atoms with Crippen molar-refractivity contribution in [2.24, 2.45) is 0 Å². The molecular weight excluding hydrogens is 372 g/mol. The van der Waals surface area contributed by atoms with Gasteiger partial charge in [0.15, 0.2) is 0 Å². The largest absolute Gasteiger partial charge is 0.338 e. The number of carbonyl (C=O) groups is 1. The summed E-state index contributed by atoms with van der Waals surface area (Å²) in [5.74, 6) is 0.416. The number of carbonyl (C=O) groups excluding carboxylic acids is 1. The van der Waals surface area contributed by atoms with Crippen LogP contribution in [0, 0.1) is 10.1 Å². The van der Waals surface area contributed by atoms with Gasteiger partial charge in [-0.15, -0.1) is 0 Å². The first-order valence-electron chi connectivity index (χ1n) is 8.46. The lowest BCUT2D eigenvalue weighted by atomic mass is 10.2. The summed E-state index contributed by atoms with van der Waals surface area (Å²) in [6.07, 6.45) is 3.40. The van der Waals surface area contributed by atoms with E-state index in [2.05, 4.69) is 20.2 Å². The van der Waals surface area contributed by atoms with E-state index >= 15 is 0 Å². The number of anilines is 2. The van der Waals surface area contributed by atoms with Crippen molar-refractivity contribution in [3.8, 4) is 0 Å². The third-order valence-corrected chi connectivity index (χ3v) is 4.82. The highest BCUT2D eigenvalue weighted by atomic mass is 35.5. The molecule has 2 aromatic rings. The average molecular weight is 391 g/mol. The van der Waals surface area contributed by atoms with Crippen LogP contribution in [0.2, 0.25) is 5.02 Å². The molecule has 1 atom stereocenters. The van der Waals surface area contributed by atoms with Crippen molar-refractivity contribution >= 4 is 34.8 Å². The minimum atomic E-state index is -0.527. The SMILES string of the molecule is CC(C(=O)Nc1cc([N+](=O)[O-])ccc1Cl)N1CCN(c2ncccn2)CC1. The number of hydrogen-bond donors (Lipinski definition) is 1. The third-order valence-electron chi connectivity index (χ3n) is 4.50. The van der Waals surface area contributed by atoms with E-state index in [1.165, 1.54) is 18.2 Å². The number of benzene rings is 1. The molecule has 1 unspecified atom stereocenters. The van der Waals surface area contributed by atoms with Gasteiger partial charge in [-0.1, -0.05) is 11.6 Å². The fourth-order valence-electron chi connectivity index (χ4n) is 2.89. The van der Waals surface area contributed by atoms with Gasteiger partial charge < -0.3 is 10.2 Å². The number of nitro benzene ring substituents is 1. The van der Waals surface area contributed by atoms with Gasteiger partial charge in [-0.05, 0) is 19.1 Å². The molecule has 0 radical (unpaired) electrons. The smallest absolute Gasteiger partial charge is 0.271 e. The molecule has 1 aromatic carbocycles. The lowest BCUT2D eigenvalue weighted by molar-refractivity contribution is -0.384. The second-order valence-electron chi connectivity index (χ2n) is 6.16. The van der Waals surface area contributed by atoms with Crippen LogP contribution in [0.1, 0.15) is 6.92 Å². The van der Waals surface area contributed by atoms with E-state index in [0.717, 1.165) is 0 Å². The normalized spacial score (nSPS) is 16.0. The molecule has 1 aliphatic heterocycles.